The van der Waals surface area contributed by atoms with Crippen molar-refractivity contribution in [2.45, 2.75) is 31.7 Å². The Kier molecular flexibility index (Phi) is 4.99. The maximum Gasteiger partial charge on any atom is 0.334 e. The fraction of sp³-hybridized carbons (Fsp3) is 0.294. The standard InChI is InChI=1S/C17H19NO4/c1-2-17(16(20)21,13-7-4-3-5-8-13)18-15(19)11-10-14-9-6-12-22-14/h3-9,12H,2,10-11H2,1H3,(H,18,19)(H,20,21). The van der Waals surface area contributed by atoms with E-state index in [2.05, 4.69) is 5.32 Å². The van der Waals surface area contributed by atoms with Crippen molar-refractivity contribution in [3.05, 3.63) is 60.1 Å². The molecule has 0 aliphatic heterocycles. The van der Waals surface area contributed by atoms with Crippen molar-refractivity contribution in [3.63, 3.8) is 0 Å². The SMILES string of the molecule is CCC(NC(=O)CCc1ccco1)(C(=O)O)c1ccccc1. The van der Waals surface area contributed by atoms with Crippen LogP contribution in [-0.4, -0.2) is 17.0 Å². The first-order valence-corrected chi connectivity index (χ1v) is 7.21. The molecule has 0 bridgehead atoms. The van der Waals surface area contributed by atoms with Gasteiger partial charge in [-0.15, -0.1) is 0 Å². The highest BCUT2D eigenvalue weighted by atomic mass is 16.4. The van der Waals surface area contributed by atoms with E-state index >= 15 is 0 Å². The lowest BCUT2D eigenvalue weighted by Crippen LogP contribution is -2.51. The molecule has 116 valence electrons. The van der Waals surface area contributed by atoms with Gasteiger partial charge in [0.25, 0.3) is 0 Å². The molecule has 1 amide bonds. The molecule has 1 heterocycles. The molecule has 5 heteroatoms. The van der Waals surface area contributed by atoms with Crippen LogP contribution in [0.25, 0.3) is 0 Å². The second-order valence-electron chi connectivity index (χ2n) is 5.06. The van der Waals surface area contributed by atoms with Gasteiger partial charge in [-0.2, -0.15) is 0 Å². The topological polar surface area (TPSA) is 79.5 Å². The van der Waals surface area contributed by atoms with Crippen LogP contribution in [-0.2, 0) is 21.5 Å². The summed E-state index contributed by atoms with van der Waals surface area (Å²) in [5.41, 5.74) is -0.835. The van der Waals surface area contributed by atoms with Gasteiger partial charge < -0.3 is 14.8 Å². The lowest BCUT2D eigenvalue weighted by atomic mass is 9.87. The van der Waals surface area contributed by atoms with Crippen LogP contribution in [0, 0.1) is 0 Å². The number of aryl methyl sites for hydroxylation is 1. The minimum absolute atomic E-state index is 0.176. The van der Waals surface area contributed by atoms with E-state index in [-0.39, 0.29) is 18.7 Å². The van der Waals surface area contributed by atoms with Crippen molar-refractivity contribution in [3.8, 4) is 0 Å². The van der Waals surface area contributed by atoms with Crippen molar-refractivity contribution < 1.29 is 19.1 Å². The predicted molar refractivity (Wildman–Crippen MR) is 81.2 cm³/mol. The summed E-state index contributed by atoms with van der Waals surface area (Å²) in [6.45, 7) is 1.74. The number of hydrogen-bond donors (Lipinski definition) is 2. The van der Waals surface area contributed by atoms with Gasteiger partial charge in [-0.3, -0.25) is 4.79 Å². The number of carbonyl (C=O) groups excluding carboxylic acids is 1. The van der Waals surface area contributed by atoms with Crippen molar-refractivity contribution in [2.24, 2.45) is 0 Å². The first kappa shape index (κ1) is 15.8. The summed E-state index contributed by atoms with van der Waals surface area (Å²) in [6.07, 6.45) is 2.42. The van der Waals surface area contributed by atoms with E-state index in [1.165, 1.54) is 0 Å². The van der Waals surface area contributed by atoms with Gasteiger partial charge in [0.15, 0.2) is 5.54 Å². The summed E-state index contributed by atoms with van der Waals surface area (Å²) >= 11 is 0. The first-order chi connectivity index (χ1) is 10.6. The Morgan fingerprint density at radius 1 is 1.18 bits per heavy atom. The van der Waals surface area contributed by atoms with Crippen LogP contribution in [0.2, 0.25) is 0 Å². The van der Waals surface area contributed by atoms with Crippen molar-refractivity contribution in [2.75, 3.05) is 0 Å². The Labute approximate surface area is 129 Å². The molecular formula is C17H19NO4. The fourth-order valence-corrected chi connectivity index (χ4v) is 2.41. The van der Waals surface area contributed by atoms with E-state index in [4.69, 9.17) is 4.42 Å². The molecule has 0 spiro atoms. The number of carbonyl (C=O) groups is 2. The number of nitrogens with one attached hydrogen (secondary N) is 1. The number of furan rings is 1. The summed E-state index contributed by atoms with van der Waals surface area (Å²) in [4.78, 5) is 24.0. The molecule has 0 saturated carbocycles. The van der Waals surface area contributed by atoms with Gasteiger partial charge in [0, 0.05) is 12.8 Å². The molecule has 1 unspecified atom stereocenters. The van der Waals surface area contributed by atoms with Crippen LogP contribution in [0.1, 0.15) is 31.1 Å². The van der Waals surface area contributed by atoms with Gasteiger partial charge in [0.05, 0.1) is 6.26 Å². The molecule has 2 rings (SSSR count). The number of hydrogen-bond acceptors (Lipinski definition) is 3. The number of benzene rings is 1. The third-order valence-electron chi connectivity index (χ3n) is 3.69. The maximum atomic E-state index is 12.2. The molecule has 1 aromatic heterocycles. The van der Waals surface area contributed by atoms with Crippen LogP contribution >= 0.6 is 0 Å². The Balaban J connectivity index is 2.13. The van der Waals surface area contributed by atoms with Crippen LogP contribution in [0.15, 0.2) is 53.1 Å². The highest BCUT2D eigenvalue weighted by Crippen LogP contribution is 2.25. The average molecular weight is 301 g/mol. The molecule has 0 aliphatic rings. The molecule has 22 heavy (non-hydrogen) atoms. The lowest BCUT2D eigenvalue weighted by Gasteiger charge is -2.30. The zero-order valence-corrected chi connectivity index (χ0v) is 12.4. The van der Waals surface area contributed by atoms with Gasteiger partial charge >= 0.3 is 5.97 Å². The molecule has 0 fully saturated rings. The fourth-order valence-electron chi connectivity index (χ4n) is 2.41. The Hall–Kier alpha value is -2.56. The molecule has 5 nitrogen and oxygen atoms in total. The number of carboxylic acids is 1. The minimum Gasteiger partial charge on any atom is -0.479 e. The van der Waals surface area contributed by atoms with Crippen molar-refractivity contribution in [1.82, 2.24) is 5.32 Å². The summed E-state index contributed by atoms with van der Waals surface area (Å²) in [6, 6.07) is 12.3. The third-order valence-corrected chi connectivity index (χ3v) is 3.69. The Morgan fingerprint density at radius 2 is 1.91 bits per heavy atom. The van der Waals surface area contributed by atoms with Crippen LogP contribution in [0.3, 0.4) is 0 Å². The zero-order chi connectivity index (χ0) is 16.0. The van der Waals surface area contributed by atoms with Crippen LogP contribution < -0.4 is 5.32 Å². The molecule has 2 N–H and O–H groups in total. The summed E-state index contributed by atoms with van der Waals surface area (Å²) < 4.78 is 5.18. The first-order valence-electron chi connectivity index (χ1n) is 7.21. The van der Waals surface area contributed by atoms with E-state index in [1.54, 1.807) is 49.6 Å². The molecule has 0 saturated heterocycles. The average Bonchev–Trinajstić information content (AvgIpc) is 3.04. The molecule has 0 radical (unpaired) electrons. The van der Waals surface area contributed by atoms with E-state index in [1.807, 2.05) is 6.07 Å². The van der Waals surface area contributed by atoms with Gasteiger partial charge in [0.1, 0.15) is 5.76 Å². The molecule has 1 aromatic carbocycles. The highest BCUT2D eigenvalue weighted by molar-refractivity contribution is 5.88. The van der Waals surface area contributed by atoms with E-state index < -0.39 is 11.5 Å². The maximum absolute atomic E-state index is 12.2. The van der Waals surface area contributed by atoms with Crippen molar-refractivity contribution >= 4 is 11.9 Å². The second-order valence-corrected chi connectivity index (χ2v) is 5.06. The molecular weight excluding hydrogens is 282 g/mol. The van der Waals surface area contributed by atoms with Gasteiger partial charge in [-0.25, -0.2) is 4.79 Å². The van der Waals surface area contributed by atoms with E-state index in [9.17, 15) is 14.7 Å². The molecule has 0 aliphatic carbocycles. The number of amides is 1. The van der Waals surface area contributed by atoms with Gasteiger partial charge in [-0.05, 0) is 24.1 Å². The Morgan fingerprint density at radius 3 is 2.45 bits per heavy atom. The van der Waals surface area contributed by atoms with E-state index in [0.29, 0.717) is 17.7 Å². The highest BCUT2D eigenvalue weighted by Gasteiger charge is 2.39. The van der Waals surface area contributed by atoms with Gasteiger partial charge in [0.2, 0.25) is 5.91 Å². The number of carboxylic acid groups (broad SMARTS) is 1. The largest absolute Gasteiger partial charge is 0.479 e. The Bertz CT molecular complexity index is 621. The molecule has 1 atom stereocenters. The number of rotatable bonds is 7. The zero-order valence-electron chi connectivity index (χ0n) is 12.4. The molecule has 2 aromatic rings. The third kappa shape index (κ3) is 3.36. The summed E-state index contributed by atoms with van der Waals surface area (Å²) in [7, 11) is 0. The smallest absolute Gasteiger partial charge is 0.334 e. The van der Waals surface area contributed by atoms with Crippen molar-refractivity contribution in [1.29, 1.82) is 0 Å². The summed E-state index contributed by atoms with van der Waals surface area (Å²) in [5, 5.41) is 12.3. The minimum atomic E-state index is -1.40. The summed E-state index contributed by atoms with van der Waals surface area (Å²) in [5.74, 6) is -0.677. The van der Waals surface area contributed by atoms with E-state index in [0.717, 1.165) is 0 Å². The monoisotopic (exact) mass is 301 g/mol. The second kappa shape index (κ2) is 6.93. The van der Waals surface area contributed by atoms with Crippen LogP contribution in [0.5, 0.6) is 0 Å². The van der Waals surface area contributed by atoms with Gasteiger partial charge in [-0.1, -0.05) is 37.3 Å². The number of aliphatic carboxylic acids is 1. The predicted octanol–water partition coefficient (Wildman–Crippen LogP) is 2.72. The quantitative estimate of drug-likeness (QED) is 0.824. The van der Waals surface area contributed by atoms with Crippen LogP contribution in [0.4, 0.5) is 0 Å². The lowest BCUT2D eigenvalue weighted by molar-refractivity contribution is -0.148. The normalized spacial score (nSPS) is 13.3.